The van der Waals surface area contributed by atoms with E-state index < -0.39 is 23.7 Å². The molecule has 0 spiro atoms. The quantitative estimate of drug-likeness (QED) is 0.644. The Labute approximate surface area is 105 Å². The molecule has 1 atom stereocenters. The highest BCUT2D eigenvalue weighted by Crippen LogP contribution is 2.21. The monoisotopic (exact) mass is 304 g/mol. The van der Waals surface area contributed by atoms with Crippen LogP contribution in [0.2, 0.25) is 0 Å². The van der Waals surface area contributed by atoms with Crippen LogP contribution in [-0.2, 0) is 4.79 Å². The molecular weight excluding hydrogens is 295 g/mol. The number of benzene rings is 1. The van der Waals surface area contributed by atoms with Gasteiger partial charge in [-0.1, -0.05) is 22.0 Å². The Bertz CT molecular complexity index is 447. The minimum Gasteiger partial charge on any atom is -0.479 e. The largest absolute Gasteiger partial charge is 0.479 e. The zero-order valence-corrected chi connectivity index (χ0v) is 10.3. The standard InChI is InChI=1S/C11H10BrFO4/c12-4-3-9(14)8-5-6(13)1-2-7(8)10(15)11(16)17/h1-2,5,10,15H,3-4H2,(H,16,17). The molecule has 1 aromatic rings. The van der Waals surface area contributed by atoms with Gasteiger partial charge in [-0.3, -0.25) is 4.79 Å². The molecule has 6 heteroatoms. The van der Waals surface area contributed by atoms with Gasteiger partial charge in [0.25, 0.3) is 0 Å². The van der Waals surface area contributed by atoms with Gasteiger partial charge in [-0.05, 0) is 12.1 Å². The highest BCUT2D eigenvalue weighted by atomic mass is 79.9. The molecule has 0 radical (unpaired) electrons. The number of rotatable bonds is 5. The van der Waals surface area contributed by atoms with Crippen LogP contribution in [0.3, 0.4) is 0 Å². The second-order valence-electron chi connectivity index (χ2n) is 3.33. The van der Waals surface area contributed by atoms with Gasteiger partial charge in [-0.25, -0.2) is 9.18 Å². The first-order valence-corrected chi connectivity index (χ1v) is 5.89. The van der Waals surface area contributed by atoms with Crippen molar-refractivity contribution in [1.82, 2.24) is 0 Å². The molecule has 0 saturated heterocycles. The lowest BCUT2D eigenvalue weighted by atomic mass is 9.98. The van der Waals surface area contributed by atoms with Gasteiger partial charge >= 0.3 is 5.97 Å². The zero-order chi connectivity index (χ0) is 13.0. The summed E-state index contributed by atoms with van der Waals surface area (Å²) in [5.74, 6) is -2.55. The summed E-state index contributed by atoms with van der Waals surface area (Å²) in [6.45, 7) is 0. The third-order valence-electron chi connectivity index (χ3n) is 2.17. The fourth-order valence-electron chi connectivity index (χ4n) is 1.36. The smallest absolute Gasteiger partial charge is 0.337 e. The van der Waals surface area contributed by atoms with Crippen LogP contribution in [-0.4, -0.2) is 27.3 Å². The van der Waals surface area contributed by atoms with Crippen molar-refractivity contribution in [1.29, 1.82) is 0 Å². The average molecular weight is 305 g/mol. The first-order valence-electron chi connectivity index (χ1n) is 4.77. The van der Waals surface area contributed by atoms with Crippen molar-refractivity contribution < 1.29 is 24.2 Å². The highest BCUT2D eigenvalue weighted by Gasteiger charge is 2.22. The van der Waals surface area contributed by atoms with Crippen molar-refractivity contribution in [3.63, 3.8) is 0 Å². The van der Waals surface area contributed by atoms with Gasteiger partial charge in [0.05, 0.1) is 0 Å². The Balaban J connectivity index is 3.21. The predicted molar refractivity (Wildman–Crippen MR) is 61.7 cm³/mol. The molecule has 0 heterocycles. The molecule has 1 rings (SSSR count). The molecule has 1 unspecified atom stereocenters. The molecule has 0 fully saturated rings. The Hall–Kier alpha value is -1.27. The maximum absolute atomic E-state index is 13.0. The Kier molecular flexibility index (Phi) is 4.77. The van der Waals surface area contributed by atoms with Gasteiger partial charge in [0, 0.05) is 22.9 Å². The predicted octanol–water partition coefficient (Wildman–Crippen LogP) is 1.91. The van der Waals surface area contributed by atoms with Gasteiger partial charge < -0.3 is 10.2 Å². The number of hydrogen-bond donors (Lipinski definition) is 2. The van der Waals surface area contributed by atoms with Crippen molar-refractivity contribution in [3.05, 3.63) is 35.1 Å². The van der Waals surface area contributed by atoms with Crippen LogP contribution in [0.25, 0.3) is 0 Å². The van der Waals surface area contributed by atoms with Crippen LogP contribution in [0.4, 0.5) is 4.39 Å². The zero-order valence-electron chi connectivity index (χ0n) is 8.69. The topological polar surface area (TPSA) is 74.6 Å². The second-order valence-corrected chi connectivity index (χ2v) is 4.13. The first-order chi connectivity index (χ1) is 7.97. The minimum absolute atomic E-state index is 0.0927. The number of carboxylic acid groups (broad SMARTS) is 1. The molecule has 0 saturated carbocycles. The number of halogens is 2. The van der Waals surface area contributed by atoms with E-state index >= 15 is 0 Å². The van der Waals surface area contributed by atoms with E-state index in [1.54, 1.807) is 0 Å². The second kappa shape index (κ2) is 5.88. The van der Waals surface area contributed by atoms with E-state index in [9.17, 15) is 19.1 Å². The fraction of sp³-hybridized carbons (Fsp3) is 0.273. The van der Waals surface area contributed by atoms with E-state index in [1.807, 2.05) is 0 Å². The molecule has 0 aliphatic rings. The number of carbonyl (C=O) groups is 2. The Morgan fingerprint density at radius 3 is 2.59 bits per heavy atom. The lowest BCUT2D eigenvalue weighted by Gasteiger charge is -2.11. The van der Waals surface area contributed by atoms with Crippen molar-refractivity contribution in [3.8, 4) is 0 Å². The molecular formula is C11H10BrFO4. The summed E-state index contributed by atoms with van der Waals surface area (Å²) in [5, 5.41) is 18.5. The fourth-order valence-corrected chi connectivity index (χ4v) is 1.72. The number of carbonyl (C=O) groups excluding carboxylic acids is 1. The maximum Gasteiger partial charge on any atom is 0.337 e. The molecule has 0 aliphatic heterocycles. The summed E-state index contributed by atoms with van der Waals surface area (Å²) in [6.07, 6.45) is -1.73. The van der Waals surface area contributed by atoms with Gasteiger partial charge in [-0.15, -0.1) is 0 Å². The summed E-state index contributed by atoms with van der Waals surface area (Å²) in [6, 6.07) is 3.05. The molecule has 17 heavy (non-hydrogen) atoms. The summed E-state index contributed by atoms with van der Waals surface area (Å²) in [5.41, 5.74) is -0.191. The summed E-state index contributed by atoms with van der Waals surface area (Å²) in [4.78, 5) is 22.3. The van der Waals surface area contributed by atoms with E-state index in [0.717, 1.165) is 18.2 Å². The third-order valence-corrected chi connectivity index (χ3v) is 2.56. The molecule has 92 valence electrons. The van der Waals surface area contributed by atoms with Crippen LogP contribution in [0.15, 0.2) is 18.2 Å². The third kappa shape index (κ3) is 3.34. The highest BCUT2D eigenvalue weighted by molar-refractivity contribution is 9.09. The summed E-state index contributed by atoms with van der Waals surface area (Å²) in [7, 11) is 0. The molecule has 0 aromatic heterocycles. The molecule has 0 aliphatic carbocycles. The average Bonchev–Trinajstić information content (AvgIpc) is 2.28. The van der Waals surface area contributed by atoms with Crippen molar-refractivity contribution in [2.45, 2.75) is 12.5 Å². The van der Waals surface area contributed by atoms with E-state index in [-0.39, 0.29) is 17.5 Å². The SMILES string of the molecule is O=C(CCBr)c1cc(F)ccc1C(O)C(=O)O. The summed E-state index contributed by atoms with van der Waals surface area (Å²) >= 11 is 3.06. The minimum atomic E-state index is -1.83. The van der Waals surface area contributed by atoms with Gasteiger partial charge in [0.1, 0.15) is 5.82 Å². The number of aliphatic carboxylic acids is 1. The van der Waals surface area contributed by atoms with E-state index in [4.69, 9.17) is 5.11 Å². The molecule has 1 aromatic carbocycles. The molecule has 0 amide bonds. The van der Waals surface area contributed by atoms with Crippen LogP contribution < -0.4 is 0 Å². The van der Waals surface area contributed by atoms with Crippen LogP contribution in [0.5, 0.6) is 0 Å². The van der Waals surface area contributed by atoms with Crippen molar-refractivity contribution in [2.24, 2.45) is 0 Å². The number of hydrogen-bond acceptors (Lipinski definition) is 3. The van der Waals surface area contributed by atoms with Crippen LogP contribution in [0.1, 0.15) is 28.4 Å². The molecule has 4 nitrogen and oxygen atoms in total. The van der Waals surface area contributed by atoms with Crippen molar-refractivity contribution in [2.75, 3.05) is 5.33 Å². The molecule has 0 bridgehead atoms. The number of alkyl halides is 1. The Morgan fingerprint density at radius 2 is 2.06 bits per heavy atom. The van der Waals surface area contributed by atoms with Crippen LogP contribution >= 0.6 is 15.9 Å². The number of aliphatic hydroxyl groups excluding tert-OH is 1. The summed E-state index contributed by atoms with van der Waals surface area (Å²) < 4.78 is 13.0. The molecule has 2 N–H and O–H groups in total. The van der Waals surface area contributed by atoms with Crippen molar-refractivity contribution >= 4 is 27.7 Å². The lowest BCUT2D eigenvalue weighted by molar-refractivity contribution is -0.146. The van der Waals surface area contributed by atoms with Gasteiger partial charge in [-0.2, -0.15) is 0 Å². The van der Waals surface area contributed by atoms with E-state index in [0.29, 0.717) is 5.33 Å². The number of carboxylic acids is 1. The number of ketones is 1. The lowest BCUT2D eigenvalue weighted by Crippen LogP contribution is -2.15. The van der Waals surface area contributed by atoms with E-state index in [2.05, 4.69) is 15.9 Å². The number of Topliss-reactive ketones (excluding diaryl/α,β-unsaturated/α-hetero) is 1. The maximum atomic E-state index is 13.0. The normalized spacial score (nSPS) is 12.2. The first kappa shape index (κ1) is 13.8. The van der Waals surface area contributed by atoms with Gasteiger partial charge in [0.2, 0.25) is 0 Å². The van der Waals surface area contributed by atoms with Gasteiger partial charge in [0.15, 0.2) is 11.9 Å². The Morgan fingerprint density at radius 1 is 1.41 bits per heavy atom. The van der Waals surface area contributed by atoms with Crippen LogP contribution in [0, 0.1) is 5.82 Å². The van der Waals surface area contributed by atoms with E-state index in [1.165, 1.54) is 0 Å². The number of aliphatic hydroxyl groups is 1.